The highest BCUT2D eigenvalue weighted by atomic mass is 19.1. The Balaban J connectivity index is 2.26. The Hall–Kier alpha value is -1.53. The van der Waals surface area contributed by atoms with Crippen LogP contribution in [0.1, 0.15) is 18.9 Å². The molecule has 0 aromatic heterocycles. The van der Waals surface area contributed by atoms with Gasteiger partial charge in [0.1, 0.15) is 11.6 Å². The van der Waals surface area contributed by atoms with E-state index in [0.29, 0.717) is 31.7 Å². The fraction of sp³-hybridized carbons (Fsp3) is 0.533. The average molecular weight is 300 g/mol. The van der Waals surface area contributed by atoms with E-state index < -0.39 is 11.6 Å². The molecule has 0 radical (unpaired) electrons. The minimum atomic E-state index is -0.589. The number of halogens is 2. The third kappa shape index (κ3) is 7.15. The first-order chi connectivity index (χ1) is 10.0. The highest BCUT2D eigenvalue weighted by Crippen LogP contribution is 2.08. The summed E-state index contributed by atoms with van der Waals surface area (Å²) in [4.78, 5) is 11.7. The second-order valence-corrected chi connectivity index (χ2v) is 4.84. The second-order valence-electron chi connectivity index (χ2n) is 4.84. The van der Waals surface area contributed by atoms with E-state index in [1.807, 2.05) is 0 Å². The van der Waals surface area contributed by atoms with Crippen LogP contribution >= 0.6 is 0 Å². The van der Waals surface area contributed by atoms with Crippen molar-refractivity contribution in [2.45, 2.75) is 25.8 Å². The molecule has 0 bridgehead atoms. The van der Waals surface area contributed by atoms with Crippen molar-refractivity contribution >= 4 is 5.91 Å². The Labute approximate surface area is 123 Å². The number of rotatable bonds is 9. The van der Waals surface area contributed by atoms with Gasteiger partial charge in [-0.05, 0) is 44.0 Å². The predicted octanol–water partition coefficient (Wildman–Crippen LogP) is 1.64. The quantitative estimate of drug-likeness (QED) is 0.682. The molecular formula is C15H22F2N2O2. The van der Waals surface area contributed by atoms with Gasteiger partial charge in [-0.1, -0.05) is 0 Å². The number of amides is 1. The number of carbonyl (C=O) groups is 1. The van der Waals surface area contributed by atoms with Crippen LogP contribution in [0.25, 0.3) is 0 Å². The smallest absolute Gasteiger partial charge is 0.236 e. The summed E-state index contributed by atoms with van der Waals surface area (Å²) in [7, 11) is 1.61. The number of carbonyl (C=O) groups excluding carboxylic acids is 1. The normalized spacial score (nSPS) is 12.2. The minimum absolute atomic E-state index is 0.100. The molecule has 2 N–H and O–H groups in total. The molecule has 118 valence electrons. The van der Waals surface area contributed by atoms with E-state index in [-0.39, 0.29) is 11.9 Å². The molecule has 0 aliphatic heterocycles. The highest BCUT2D eigenvalue weighted by molar-refractivity contribution is 5.81. The van der Waals surface area contributed by atoms with Crippen LogP contribution in [0.3, 0.4) is 0 Å². The van der Waals surface area contributed by atoms with Crippen LogP contribution in [0, 0.1) is 11.6 Å². The second kappa shape index (κ2) is 9.41. The lowest BCUT2D eigenvalue weighted by molar-refractivity contribution is -0.122. The molecule has 0 saturated carbocycles. The van der Waals surface area contributed by atoms with Crippen molar-refractivity contribution in [1.82, 2.24) is 10.6 Å². The maximum Gasteiger partial charge on any atom is 0.236 e. The van der Waals surface area contributed by atoms with Crippen LogP contribution in [0.5, 0.6) is 0 Å². The molecule has 0 fully saturated rings. The Morgan fingerprint density at radius 3 is 2.52 bits per heavy atom. The molecule has 1 atom stereocenters. The molecule has 4 nitrogen and oxygen atoms in total. The monoisotopic (exact) mass is 300 g/mol. The first-order valence-electron chi connectivity index (χ1n) is 6.98. The Morgan fingerprint density at radius 2 is 1.90 bits per heavy atom. The van der Waals surface area contributed by atoms with Crippen molar-refractivity contribution in [2.75, 3.05) is 26.8 Å². The summed E-state index contributed by atoms with van der Waals surface area (Å²) in [5.41, 5.74) is 0.563. The van der Waals surface area contributed by atoms with Gasteiger partial charge in [-0.25, -0.2) is 8.78 Å². The van der Waals surface area contributed by atoms with Gasteiger partial charge in [-0.15, -0.1) is 0 Å². The molecule has 0 heterocycles. The molecule has 1 aromatic carbocycles. The molecule has 0 aliphatic rings. The van der Waals surface area contributed by atoms with Gasteiger partial charge < -0.3 is 15.4 Å². The number of ether oxygens (including phenoxy) is 1. The lowest BCUT2D eigenvalue weighted by Gasteiger charge is -2.14. The number of hydrogen-bond donors (Lipinski definition) is 2. The van der Waals surface area contributed by atoms with Crippen molar-refractivity contribution < 1.29 is 18.3 Å². The van der Waals surface area contributed by atoms with Crippen molar-refractivity contribution in [2.24, 2.45) is 0 Å². The Bertz CT molecular complexity index is 435. The maximum atomic E-state index is 13.0. The average Bonchev–Trinajstić information content (AvgIpc) is 2.42. The molecule has 1 aromatic rings. The summed E-state index contributed by atoms with van der Waals surface area (Å²) in [6.07, 6.45) is 1.22. The number of hydrogen-bond acceptors (Lipinski definition) is 3. The lowest BCUT2D eigenvalue weighted by Crippen LogP contribution is -2.43. The summed E-state index contributed by atoms with van der Waals surface area (Å²) in [5, 5.41) is 5.81. The van der Waals surface area contributed by atoms with Crippen molar-refractivity contribution in [3.05, 3.63) is 35.4 Å². The molecule has 0 spiro atoms. The van der Waals surface area contributed by atoms with Gasteiger partial charge in [-0.3, -0.25) is 4.79 Å². The van der Waals surface area contributed by atoms with E-state index >= 15 is 0 Å². The van der Waals surface area contributed by atoms with Crippen LogP contribution in [-0.2, 0) is 16.0 Å². The van der Waals surface area contributed by atoms with E-state index in [0.717, 1.165) is 12.5 Å². The first-order valence-corrected chi connectivity index (χ1v) is 6.98. The van der Waals surface area contributed by atoms with Gasteiger partial charge in [-0.2, -0.15) is 0 Å². The summed E-state index contributed by atoms with van der Waals surface area (Å²) in [5.74, 6) is -1.28. The van der Waals surface area contributed by atoms with E-state index in [2.05, 4.69) is 10.6 Å². The van der Waals surface area contributed by atoms with Gasteiger partial charge in [0.25, 0.3) is 0 Å². The van der Waals surface area contributed by atoms with Gasteiger partial charge in [0.15, 0.2) is 0 Å². The van der Waals surface area contributed by atoms with E-state index in [9.17, 15) is 13.6 Å². The van der Waals surface area contributed by atoms with Crippen LogP contribution < -0.4 is 10.6 Å². The fourth-order valence-corrected chi connectivity index (χ4v) is 1.86. The topological polar surface area (TPSA) is 50.4 Å². The van der Waals surface area contributed by atoms with Gasteiger partial charge in [0.2, 0.25) is 5.91 Å². The van der Waals surface area contributed by atoms with Gasteiger partial charge in [0, 0.05) is 26.3 Å². The maximum absolute atomic E-state index is 13.0. The van der Waals surface area contributed by atoms with Crippen molar-refractivity contribution in [3.63, 3.8) is 0 Å². The SMILES string of the molecule is COCCCNC(=O)C(C)NCCc1cc(F)cc(F)c1. The lowest BCUT2D eigenvalue weighted by atomic mass is 10.1. The van der Waals surface area contributed by atoms with Crippen LogP contribution in [0.2, 0.25) is 0 Å². The number of benzene rings is 1. The molecule has 21 heavy (non-hydrogen) atoms. The largest absolute Gasteiger partial charge is 0.385 e. The van der Waals surface area contributed by atoms with Gasteiger partial charge in [0.05, 0.1) is 6.04 Å². The van der Waals surface area contributed by atoms with E-state index in [1.54, 1.807) is 14.0 Å². The Morgan fingerprint density at radius 1 is 1.24 bits per heavy atom. The number of methoxy groups -OCH3 is 1. The molecular weight excluding hydrogens is 278 g/mol. The minimum Gasteiger partial charge on any atom is -0.385 e. The Kier molecular flexibility index (Phi) is 7.85. The van der Waals surface area contributed by atoms with Gasteiger partial charge >= 0.3 is 0 Å². The van der Waals surface area contributed by atoms with E-state index in [1.165, 1.54) is 12.1 Å². The zero-order valence-corrected chi connectivity index (χ0v) is 12.4. The highest BCUT2D eigenvalue weighted by Gasteiger charge is 2.11. The molecule has 6 heteroatoms. The van der Waals surface area contributed by atoms with Crippen molar-refractivity contribution in [3.8, 4) is 0 Å². The zero-order chi connectivity index (χ0) is 15.7. The van der Waals surface area contributed by atoms with Crippen LogP contribution in [-0.4, -0.2) is 38.8 Å². The molecule has 1 amide bonds. The summed E-state index contributed by atoms with van der Waals surface area (Å²) in [6.45, 7) is 3.38. The first kappa shape index (κ1) is 17.5. The third-order valence-corrected chi connectivity index (χ3v) is 3.00. The van der Waals surface area contributed by atoms with Crippen LogP contribution in [0.4, 0.5) is 8.78 Å². The standard InChI is InChI=1S/C15H22F2N2O2/c1-11(15(20)19-5-3-7-21-2)18-6-4-12-8-13(16)10-14(17)9-12/h8-11,18H,3-7H2,1-2H3,(H,19,20). The summed E-state index contributed by atoms with van der Waals surface area (Å²) < 4.78 is 30.9. The molecule has 1 rings (SSSR count). The fourth-order valence-electron chi connectivity index (χ4n) is 1.86. The number of nitrogens with one attached hydrogen (secondary N) is 2. The summed E-state index contributed by atoms with van der Waals surface area (Å²) >= 11 is 0. The molecule has 0 aliphatic carbocycles. The third-order valence-electron chi connectivity index (χ3n) is 3.00. The molecule has 0 saturated heterocycles. The molecule has 1 unspecified atom stereocenters. The van der Waals surface area contributed by atoms with E-state index in [4.69, 9.17) is 4.74 Å². The predicted molar refractivity (Wildman–Crippen MR) is 77.0 cm³/mol. The van der Waals surface area contributed by atoms with Crippen molar-refractivity contribution in [1.29, 1.82) is 0 Å². The van der Waals surface area contributed by atoms with Crippen LogP contribution in [0.15, 0.2) is 18.2 Å². The zero-order valence-electron chi connectivity index (χ0n) is 12.4. The summed E-state index contributed by atoms with van der Waals surface area (Å²) in [6, 6.07) is 3.07.